The number of anilines is 2. The van der Waals surface area contributed by atoms with E-state index in [4.69, 9.17) is 0 Å². The average Bonchev–Trinajstić information content (AvgIpc) is 3.26. The highest BCUT2D eigenvalue weighted by molar-refractivity contribution is 8.00. The number of thioether (sulfide) groups is 1. The van der Waals surface area contributed by atoms with Crippen LogP contribution in [-0.2, 0) is 5.75 Å². The van der Waals surface area contributed by atoms with E-state index in [1.807, 2.05) is 24.3 Å². The monoisotopic (exact) mass is 446 g/mol. The van der Waals surface area contributed by atoms with Crippen LogP contribution >= 0.6 is 23.1 Å². The Morgan fingerprint density at radius 3 is 2.06 bits per heavy atom. The summed E-state index contributed by atoms with van der Waals surface area (Å²) in [6, 6.07) is 25.7. The van der Waals surface area contributed by atoms with Gasteiger partial charge in [0, 0.05) is 22.6 Å². The van der Waals surface area contributed by atoms with Crippen molar-refractivity contribution in [2.24, 2.45) is 0 Å². The molecule has 0 aliphatic carbocycles. The van der Waals surface area contributed by atoms with Crippen molar-refractivity contribution in [2.45, 2.75) is 10.1 Å². The number of rotatable bonds is 7. The van der Waals surface area contributed by atoms with E-state index >= 15 is 0 Å². The molecule has 4 aromatic rings. The first-order valence-corrected chi connectivity index (χ1v) is 11.3. The first-order valence-electron chi connectivity index (χ1n) is 9.45. The van der Waals surface area contributed by atoms with Gasteiger partial charge in [0.15, 0.2) is 4.34 Å². The third-order valence-electron chi connectivity index (χ3n) is 4.27. The molecule has 0 spiro atoms. The Balaban J connectivity index is 1.31. The van der Waals surface area contributed by atoms with E-state index in [2.05, 4.69) is 33.0 Å². The fraction of sp³-hybridized carbons (Fsp3) is 0.0435. The van der Waals surface area contributed by atoms with E-state index in [-0.39, 0.29) is 11.8 Å². The molecular weight excluding hydrogens is 428 g/mol. The van der Waals surface area contributed by atoms with Gasteiger partial charge < -0.3 is 5.32 Å². The highest BCUT2D eigenvalue weighted by Gasteiger charge is 2.12. The van der Waals surface area contributed by atoms with Crippen molar-refractivity contribution in [3.63, 3.8) is 0 Å². The number of carbonyl (C=O) groups excluding carboxylic acids is 2. The molecule has 6 nitrogen and oxygen atoms in total. The first kappa shape index (κ1) is 20.8. The summed E-state index contributed by atoms with van der Waals surface area (Å²) in [6.07, 6.45) is 0. The summed E-state index contributed by atoms with van der Waals surface area (Å²) in [6.45, 7) is 0. The number of hydrogen-bond acceptors (Lipinski definition) is 6. The second-order valence-electron chi connectivity index (χ2n) is 6.50. The lowest BCUT2D eigenvalue weighted by atomic mass is 10.1. The summed E-state index contributed by atoms with van der Waals surface area (Å²) in [5.41, 5.74) is 2.85. The molecule has 2 N–H and O–H groups in total. The maximum atomic E-state index is 12.5. The lowest BCUT2D eigenvalue weighted by Crippen LogP contribution is -2.13. The molecule has 1 heterocycles. The Kier molecular flexibility index (Phi) is 6.71. The van der Waals surface area contributed by atoms with Crippen molar-refractivity contribution in [2.75, 3.05) is 10.6 Å². The molecule has 0 bridgehead atoms. The van der Waals surface area contributed by atoms with Gasteiger partial charge in [0.25, 0.3) is 11.8 Å². The van der Waals surface area contributed by atoms with Crippen molar-refractivity contribution in [3.8, 4) is 0 Å². The minimum absolute atomic E-state index is 0.202. The van der Waals surface area contributed by atoms with Gasteiger partial charge in [-0.15, -0.1) is 10.2 Å². The second kappa shape index (κ2) is 10.0. The molecule has 8 heteroatoms. The van der Waals surface area contributed by atoms with E-state index in [0.29, 0.717) is 21.9 Å². The number of benzene rings is 3. The van der Waals surface area contributed by atoms with Crippen LogP contribution in [0.2, 0.25) is 0 Å². The summed E-state index contributed by atoms with van der Waals surface area (Å²) < 4.78 is 0.790. The maximum absolute atomic E-state index is 12.5. The molecule has 0 fully saturated rings. The molecule has 0 aliphatic rings. The van der Waals surface area contributed by atoms with Crippen LogP contribution in [0.1, 0.15) is 26.3 Å². The Bertz CT molecular complexity index is 1160. The van der Waals surface area contributed by atoms with Crippen molar-refractivity contribution >= 4 is 45.7 Å². The normalized spacial score (nSPS) is 10.5. The molecule has 0 atom stereocenters. The number of aromatic nitrogens is 2. The van der Waals surface area contributed by atoms with Crippen LogP contribution in [0, 0.1) is 0 Å². The van der Waals surface area contributed by atoms with E-state index in [1.54, 1.807) is 60.3 Å². The van der Waals surface area contributed by atoms with Gasteiger partial charge in [-0.1, -0.05) is 71.6 Å². The van der Waals surface area contributed by atoms with Crippen LogP contribution in [0.3, 0.4) is 0 Å². The molecule has 0 saturated heterocycles. The topological polar surface area (TPSA) is 84.0 Å². The van der Waals surface area contributed by atoms with Crippen LogP contribution in [0.15, 0.2) is 89.3 Å². The zero-order valence-corrected chi connectivity index (χ0v) is 18.0. The standard InChI is InChI=1S/C23H18N4O2S2/c28-20(17-9-5-2-6-10-17)24-19-13-11-18(12-14-19)21(29)25-22-26-27-23(31-22)30-15-16-7-3-1-4-8-16/h1-14H,15H2,(H,24,28)(H,25,26,29). The maximum Gasteiger partial charge on any atom is 0.257 e. The third-order valence-corrected chi connectivity index (χ3v) is 6.32. The number of nitrogens with zero attached hydrogens (tertiary/aromatic N) is 2. The minimum Gasteiger partial charge on any atom is -0.322 e. The summed E-state index contributed by atoms with van der Waals surface area (Å²) in [7, 11) is 0. The molecule has 0 unspecified atom stereocenters. The van der Waals surface area contributed by atoms with Crippen molar-refractivity contribution in [3.05, 3.63) is 102 Å². The fourth-order valence-corrected chi connectivity index (χ4v) is 4.41. The molecule has 154 valence electrons. The predicted molar refractivity (Wildman–Crippen MR) is 125 cm³/mol. The van der Waals surface area contributed by atoms with E-state index < -0.39 is 0 Å². The van der Waals surface area contributed by atoms with Gasteiger partial charge >= 0.3 is 0 Å². The molecule has 3 aromatic carbocycles. The lowest BCUT2D eigenvalue weighted by Gasteiger charge is -2.06. The number of nitrogens with one attached hydrogen (secondary N) is 2. The van der Waals surface area contributed by atoms with Crippen LogP contribution in [0.25, 0.3) is 0 Å². The molecule has 31 heavy (non-hydrogen) atoms. The van der Waals surface area contributed by atoms with Crippen molar-refractivity contribution in [1.29, 1.82) is 0 Å². The second-order valence-corrected chi connectivity index (χ2v) is 8.70. The number of hydrogen-bond donors (Lipinski definition) is 2. The highest BCUT2D eigenvalue weighted by atomic mass is 32.2. The van der Waals surface area contributed by atoms with Crippen LogP contribution < -0.4 is 10.6 Å². The summed E-state index contributed by atoms with van der Waals surface area (Å²) in [5, 5.41) is 14.2. The summed E-state index contributed by atoms with van der Waals surface area (Å²) >= 11 is 2.91. The minimum atomic E-state index is -0.281. The van der Waals surface area contributed by atoms with Gasteiger partial charge in [-0.05, 0) is 42.0 Å². The molecule has 1 aromatic heterocycles. The third kappa shape index (κ3) is 5.78. The Morgan fingerprint density at radius 2 is 1.35 bits per heavy atom. The Labute approximate surface area is 187 Å². The highest BCUT2D eigenvalue weighted by Crippen LogP contribution is 2.28. The molecule has 2 amide bonds. The van der Waals surface area contributed by atoms with Crippen LogP contribution in [-0.4, -0.2) is 22.0 Å². The smallest absolute Gasteiger partial charge is 0.257 e. The van der Waals surface area contributed by atoms with Crippen molar-refractivity contribution in [1.82, 2.24) is 10.2 Å². The molecular formula is C23H18N4O2S2. The van der Waals surface area contributed by atoms with Gasteiger partial charge in [0.1, 0.15) is 0 Å². The van der Waals surface area contributed by atoms with Gasteiger partial charge in [0.05, 0.1) is 0 Å². The zero-order valence-electron chi connectivity index (χ0n) is 16.3. The van der Waals surface area contributed by atoms with E-state index in [1.165, 1.54) is 16.9 Å². The summed E-state index contributed by atoms with van der Waals surface area (Å²) in [5.74, 6) is 0.309. The quantitative estimate of drug-likeness (QED) is 0.296. The fourth-order valence-electron chi connectivity index (χ4n) is 2.70. The van der Waals surface area contributed by atoms with Gasteiger partial charge in [-0.25, -0.2) is 0 Å². The predicted octanol–water partition coefficient (Wildman–Crippen LogP) is 5.34. The molecule has 0 saturated carbocycles. The van der Waals surface area contributed by atoms with Crippen LogP contribution in [0.5, 0.6) is 0 Å². The lowest BCUT2D eigenvalue weighted by molar-refractivity contribution is 0.102. The number of amides is 2. The molecule has 0 aliphatic heterocycles. The Hall–Kier alpha value is -3.49. The summed E-state index contributed by atoms with van der Waals surface area (Å²) in [4.78, 5) is 24.7. The Morgan fingerprint density at radius 1 is 0.742 bits per heavy atom. The molecule has 4 rings (SSSR count). The largest absolute Gasteiger partial charge is 0.322 e. The average molecular weight is 447 g/mol. The van der Waals surface area contributed by atoms with Gasteiger partial charge in [-0.2, -0.15) is 0 Å². The number of carbonyl (C=O) groups is 2. The SMILES string of the molecule is O=C(Nc1ccc(C(=O)Nc2nnc(SCc3ccccc3)s2)cc1)c1ccccc1. The zero-order chi connectivity index (χ0) is 21.5. The van der Waals surface area contributed by atoms with E-state index in [0.717, 1.165) is 10.1 Å². The van der Waals surface area contributed by atoms with Gasteiger partial charge in [-0.3, -0.25) is 14.9 Å². The van der Waals surface area contributed by atoms with E-state index in [9.17, 15) is 9.59 Å². The first-order chi connectivity index (χ1) is 15.2. The van der Waals surface area contributed by atoms with Gasteiger partial charge in [0.2, 0.25) is 5.13 Å². The van der Waals surface area contributed by atoms with Crippen LogP contribution in [0.4, 0.5) is 10.8 Å². The van der Waals surface area contributed by atoms with Crippen molar-refractivity contribution < 1.29 is 9.59 Å². The molecule has 0 radical (unpaired) electrons.